The zero-order chi connectivity index (χ0) is 14.8. The molecule has 0 aliphatic heterocycles. The number of benzene rings is 2. The molecule has 3 aromatic rings. The van der Waals surface area contributed by atoms with Crippen molar-refractivity contribution < 1.29 is 9.90 Å². The van der Waals surface area contributed by atoms with Gasteiger partial charge in [0.05, 0.1) is 16.8 Å². The highest BCUT2D eigenvalue weighted by Crippen LogP contribution is 2.26. The molecule has 0 amide bonds. The van der Waals surface area contributed by atoms with Crippen LogP contribution in [0.4, 0.5) is 17.1 Å². The van der Waals surface area contributed by atoms with Crippen LogP contribution >= 0.6 is 0 Å². The molecule has 104 valence electrons. The number of fused-ring (bicyclic) bond motifs is 1. The quantitative estimate of drug-likeness (QED) is 0.640. The smallest absolute Gasteiger partial charge is 0.337 e. The van der Waals surface area contributed by atoms with Crippen LogP contribution in [-0.4, -0.2) is 16.1 Å². The van der Waals surface area contributed by atoms with E-state index in [0.717, 1.165) is 22.3 Å². The molecule has 4 N–H and O–H groups in total. The second-order valence-corrected chi connectivity index (χ2v) is 4.61. The number of pyridine rings is 1. The van der Waals surface area contributed by atoms with E-state index in [1.54, 1.807) is 18.3 Å². The normalized spacial score (nSPS) is 10.5. The summed E-state index contributed by atoms with van der Waals surface area (Å²) in [6.07, 6.45) is 1.73. The van der Waals surface area contributed by atoms with Gasteiger partial charge in [-0.2, -0.15) is 0 Å². The van der Waals surface area contributed by atoms with Crippen molar-refractivity contribution in [2.24, 2.45) is 0 Å². The van der Waals surface area contributed by atoms with Gasteiger partial charge in [0.25, 0.3) is 0 Å². The van der Waals surface area contributed by atoms with E-state index in [1.807, 2.05) is 30.3 Å². The molecule has 21 heavy (non-hydrogen) atoms. The van der Waals surface area contributed by atoms with E-state index < -0.39 is 5.97 Å². The lowest BCUT2D eigenvalue weighted by Gasteiger charge is -2.10. The predicted molar refractivity (Wildman–Crippen MR) is 82.8 cm³/mol. The van der Waals surface area contributed by atoms with Gasteiger partial charge < -0.3 is 16.2 Å². The van der Waals surface area contributed by atoms with Crippen molar-refractivity contribution >= 4 is 33.9 Å². The number of carboxylic acids is 1. The first kappa shape index (κ1) is 12.9. The third-order valence-electron chi connectivity index (χ3n) is 3.19. The Balaban J connectivity index is 1.99. The Morgan fingerprint density at radius 2 is 1.95 bits per heavy atom. The number of hydrogen-bond donors (Lipinski definition) is 3. The lowest BCUT2D eigenvalue weighted by molar-refractivity contribution is 0.0698. The number of nitrogens with zero attached hydrogens (tertiary/aromatic N) is 1. The minimum atomic E-state index is -1.04. The molecule has 0 aliphatic rings. The van der Waals surface area contributed by atoms with Crippen LogP contribution < -0.4 is 11.1 Å². The maximum atomic E-state index is 11.0. The van der Waals surface area contributed by atoms with Crippen molar-refractivity contribution in [2.75, 3.05) is 11.1 Å². The summed E-state index contributed by atoms with van der Waals surface area (Å²) < 4.78 is 0. The molecule has 5 nitrogen and oxygen atoms in total. The molecule has 0 fully saturated rings. The van der Waals surface area contributed by atoms with Crippen LogP contribution in [0.2, 0.25) is 0 Å². The van der Waals surface area contributed by atoms with Crippen LogP contribution in [-0.2, 0) is 0 Å². The molecule has 0 radical (unpaired) electrons. The van der Waals surface area contributed by atoms with Gasteiger partial charge in [-0.15, -0.1) is 0 Å². The average molecular weight is 279 g/mol. The van der Waals surface area contributed by atoms with E-state index in [2.05, 4.69) is 10.3 Å². The Hall–Kier alpha value is -3.08. The summed E-state index contributed by atoms with van der Waals surface area (Å²) in [6, 6.07) is 14.5. The van der Waals surface area contributed by atoms with Crippen LogP contribution in [0, 0.1) is 0 Å². The third-order valence-corrected chi connectivity index (χ3v) is 3.19. The number of hydrogen-bond acceptors (Lipinski definition) is 4. The molecule has 0 bridgehead atoms. The summed E-state index contributed by atoms with van der Waals surface area (Å²) >= 11 is 0. The van der Waals surface area contributed by atoms with Gasteiger partial charge in [0.1, 0.15) is 0 Å². The fourth-order valence-corrected chi connectivity index (χ4v) is 2.20. The molecule has 5 heteroatoms. The summed E-state index contributed by atoms with van der Waals surface area (Å²) in [5.74, 6) is -1.04. The zero-order valence-electron chi connectivity index (χ0n) is 11.1. The van der Waals surface area contributed by atoms with Gasteiger partial charge in [-0.3, -0.25) is 4.98 Å². The first-order valence-electron chi connectivity index (χ1n) is 6.39. The van der Waals surface area contributed by atoms with E-state index in [0.29, 0.717) is 0 Å². The van der Waals surface area contributed by atoms with Gasteiger partial charge in [-0.25, -0.2) is 4.79 Å². The Kier molecular flexibility index (Phi) is 3.16. The van der Waals surface area contributed by atoms with Gasteiger partial charge in [0.2, 0.25) is 0 Å². The zero-order valence-corrected chi connectivity index (χ0v) is 11.1. The highest BCUT2D eigenvalue weighted by Gasteiger charge is 2.09. The lowest BCUT2D eigenvalue weighted by Crippen LogP contribution is -2.03. The topological polar surface area (TPSA) is 88.2 Å². The third kappa shape index (κ3) is 2.49. The maximum absolute atomic E-state index is 11.0. The number of rotatable bonds is 3. The van der Waals surface area contributed by atoms with Crippen LogP contribution in [0.5, 0.6) is 0 Å². The molecule has 0 unspecified atom stereocenters. The van der Waals surface area contributed by atoms with Crippen molar-refractivity contribution in [1.29, 1.82) is 0 Å². The number of para-hydroxylation sites is 1. The number of nitrogens with one attached hydrogen (secondary N) is 1. The van der Waals surface area contributed by atoms with Crippen LogP contribution in [0.15, 0.2) is 54.7 Å². The van der Waals surface area contributed by atoms with Gasteiger partial charge >= 0.3 is 5.97 Å². The Morgan fingerprint density at radius 3 is 2.71 bits per heavy atom. The van der Waals surface area contributed by atoms with Crippen LogP contribution in [0.25, 0.3) is 10.9 Å². The van der Waals surface area contributed by atoms with Crippen LogP contribution in [0.1, 0.15) is 10.4 Å². The minimum absolute atomic E-state index is 0.0941. The molecule has 2 aromatic carbocycles. The van der Waals surface area contributed by atoms with Crippen molar-refractivity contribution in [3.63, 3.8) is 0 Å². The molecule has 0 spiro atoms. The molecule has 0 aliphatic carbocycles. The summed E-state index contributed by atoms with van der Waals surface area (Å²) in [6.45, 7) is 0. The van der Waals surface area contributed by atoms with Gasteiger partial charge in [0, 0.05) is 23.0 Å². The monoisotopic (exact) mass is 279 g/mol. The summed E-state index contributed by atoms with van der Waals surface area (Å²) in [5.41, 5.74) is 8.48. The number of nitrogens with two attached hydrogens (primary N) is 1. The van der Waals surface area contributed by atoms with E-state index in [-0.39, 0.29) is 11.3 Å². The standard InChI is InChI=1S/C16H13N3O2/c17-13-9-11(6-7-12(13)16(20)21)19-14-5-1-3-10-4-2-8-18-15(10)14/h1-9,19H,17H2,(H,20,21). The first-order chi connectivity index (χ1) is 10.1. The Morgan fingerprint density at radius 1 is 1.14 bits per heavy atom. The van der Waals surface area contributed by atoms with Crippen molar-refractivity contribution in [2.45, 2.75) is 0 Å². The van der Waals surface area contributed by atoms with E-state index in [9.17, 15) is 4.79 Å². The average Bonchev–Trinajstić information content (AvgIpc) is 2.47. The highest BCUT2D eigenvalue weighted by molar-refractivity contribution is 5.96. The summed E-state index contributed by atoms with van der Waals surface area (Å²) in [4.78, 5) is 15.3. The van der Waals surface area contributed by atoms with Crippen LogP contribution in [0.3, 0.4) is 0 Å². The minimum Gasteiger partial charge on any atom is -0.478 e. The second-order valence-electron chi connectivity index (χ2n) is 4.61. The number of aromatic carboxylic acids is 1. The molecule has 0 atom stereocenters. The molecule has 0 saturated heterocycles. The number of anilines is 3. The molecular weight excluding hydrogens is 266 g/mol. The van der Waals surface area contributed by atoms with Crippen molar-refractivity contribution in [3.8, 4) is 0 Å². The van der Waals surface area contributed by atoms with Crippen molar-refractivity contribution in [3.05, 3.63) is 60.3 Å². The number of carboxylic acid groups (broad SMARTS) is 1. The number of nitrogen functional groups attached to an aromatic ring is 1. The molecule has 1 heterocycles. The Labute approximate surface area is 121 Å². The Bertz CT molecular complexity index is 825. The van der Waals surface area contributed by atoms with Gasteiger partial charge in [-0.05, 0) is 30.3 Å². The first-order valence-corrected chi connectivity index (χ1v) is 6.39. The SMILES string of the molecule is Nc1cc(Nc2cccc3cccnc23)ccc1C(=O)O. The van der Waals surface area contributed by atoms with E-state index >= 15 is 0 Å². The summed E-state index contributed by atoms with van der Waals surface area (Å²) in [7, 11) is 0. The molecule has 1 aromatic heterocycles. The van der Waals surface area contributed by atoms with E-state index in [4.69, 9.17) is 10.8 Å². The molecule has 0 saturated carbocycles. The number of aromatic nitrogens is 1. The van der Waals surface area contributed by atoms with Crippen molar-refractivity contribution in [1.82, 2.24) is 4.98 Å². The predicted octanol–water partition coefficient (Wildman–Crippen LogP) is 3.26. The fourth-order valence-electron chi connectivity index (χ4n) is 2.20. The summed E-state index contributed by atoms with van der Waals surface area (Å²) in [5, 5.41) is 13.2. The maximum Gasteiger partial charge on any atom is 0.337 e. The highest BCUT2D eigenvalue weighted by atomic mass is 16.4. The largest absolute Gasteiger partial charge is 0.478 e. The second kappa shape index (κ2) is 5.13. The van der Waals surface area contributed by atoms with Gasteiger partial charge in [0.15, 0.2) is 0 Å². The molecule has 3 rings (SSSR count). The molecular formula is C16H13N3O2. The van der Waals surface area contributed by atoms with E-state index in [1.165, 1.54) is 6.07 Å². The fraction of sp³-hybridized carbons (Fsp3) is 0. The number of carbonyl (C=O) groups is 1. The van der Waals surface area contributed by atoms with Gasteiger partial charge in [-0.1, -0.05) is 18.2 Å². The lowest BCUT2D eigenvalue weighted by atomic mass is 10.1.